The summed E-state index contributed by atoms with van der Waals surface area (Å²) in [5.41, 5.74) is 1.36. The van der Waals surface area contributed by atoms with Crippen molar-refractivity contribution in [2.45, 2.75) is 6.61 Å². The second kappa shape index (κ2) is 6.23. The van der Waals surface area contributed by atoms with E-state index in [2.05, 4.69) is 10.1 Å². The van der Waals surface area contributed by atoms with Crippen LogP contribution in [0.3, 0.4) is 0 Å². The molecule has 108 valence electrons. The number of thiazole rings is 1. The molecule has 1 aromatic carbocycles. The Kier molecular flexibility index (Phi) is 4.35. The molecule has 3 rings (SSSR count). The molecule has 0 unspecified atom stereocenters. The topological polar surface area (TPSA) is 38.9 Å². The van der Waals surface area contributed by atoms with E-state index in [0.717, 1.165) is 4.96 Å². The summed E-state index contributed by atoms with van der Waals surface area (Å²) < 4.78 is 1.84. The van der Waals surface area contributed by atoms with Gasteiger partial charge >= 0.3 is 0 Å². The van der Waals surface area contributed by atoms with E-state index in [1.54, 1.807) is 18.2 Å². The van der Waals surface area contributed by atoms with E-state index >= 15 is 0 Å². The van der Waals surface area contributed by atoms with Crippen LogP contribution < -0.4 is 0 Å². The van der Waals surface area contributed by atoms with Gasteiger partial charge in [0.2, 0.25) is 0 Å². The molecular formula is C13H8Cl3N3OS. The number of fused-ring (bicyclic) bond motifs is 1. The Labute approximate surface area is 139 Å². The first-order chi connectivity index (χ1) is 10.2. The zero-order valence-corrected chi connectivity index (χ0v) is 13.5. The molecule has 0 N–H and O–H groups in total. The maximum absolute atomic E-state index is 6.05. The lowest BCUT2D eigenvalue weighted by molar-refractivity contribution is 0.132. The van der Waals surface area contributed by atoms with Crippen molar-refractivity contribution in [3.8, 4) is 0 Å². The van der Waals surface area contributed by atoms with Crippen molar-refractivity contribution in [1.29, 1.82) is 0 Å². The summed E-state index contributed by atoms with van der Waals surface area (Å²) in [6.45, 7) is 0.179. The number of nitrogens with zero attached hydrogens (tertiary/aromatic N) is 3. The highest BCUT2D eigenvalue weighted by Crippen LogP contribution is 2.25. The van der Waals surface area contributed by atoms with Crippen LogP contribution in [-0.2, 0) is 11.4 Å². The molecule has 0 aliphatic carbocycles. The van der Waals surface area contributed by atoms with E-state index in [0.29, 0.717) is 26.5 Å². The fourth-order valence-electron chi connectivity index (χ4n) is 1.75. The fourth-order valence-corrected chi connectivity index (χ4v) is 3.25. The number of hydrogen-bond acceptors (Lipinski definition) is 4. The maximum atomic E-state index is 6.05. The monoisotopic (exact) mass is 359 g/mol. The summed E-state index contributed by atoms with van der Waals surface area (Å²) in [5.74, 6) is 0. The van der Waals surface area contributed by atoms with E-state index in [9.17, 15) is 0 Å². The smallest absolute Gasteiger partial charge is 0.195 e. The second-order valence-electron chi connectivity index (χ2n) is 4.05. The molecule has 8 heteroatoms. The van der Waals surface area contributed by atoms with E-state index in [-0.39, 0.29) is 6.61 Å². The van der Waals surface area contributed by atoms with Crippen molar-refractivity contribution in [2.24, 2.45) is 5.16 Å². The third kappa shape index (κ3) is 3.01. The Bertz CT molecular complexity index is 792. The average molecular weight is 361 g/mol. The van der Waals surface area contributed by atoms with Crippen LogP contribution >= 0.6 is 46.1 Å². The highest BCUT2D eigenvalue weighted by Gasteiger charge is 2.09. The van der Waals surface area contributed by atoms with E-state index in [1.165, 1.54) is 17.6 Å². The zero-order valence-electron chi connectivity index (χ0n) is 10.5. The van der Waals surface area contributed by atoms with Crippen molar-refractivity contribution >= 4 is 57.3 Å². The molecule has 3 aromatic rings. The van der Waals surface area contributed by atoms with Crippen LogP contribution in [0, 0.1) is 0 Å². The molecule has 0 spiro atoms. The molecule has 0 saturated carbocycles. The normalized spacial score (nSPS) is 11.6. The Morgan fingerprint density at radius 1 is 1.29 bits per heavy atom. The number of aromatic nitrogens is 2. The number of benzene rings is 1. The minimum absolute atomic E-state index is 0.179. The minimum atomic E-state index is 0.179. The van der Waals surface area contributed by atoms with Gasteiger partial charge in [-0.05, 0) is 12.1 Å². The Hall–Kier alpha value is -1.27. The van der Waals surface area contributed by atoms with E-state index in [1.807, 2.05) is 16.0 Å². The number of hydrogen-bond donors (Lipinski definition) is 0. The molecule has 0 saturated heterocycles. The van der Waals surface area contributed by atoms with Crippen LogP contribution in [0.4, 0.5) is 0 Å². The summed E-state index contributed by atoms with van der Waals surface area (Å²) in [7, 11) is 0. The Morgan fingerprint density at radius 3 is 2.81 bits per heavy atom. The largest absolute Gasteiger partial charge is 0.391 e. The van der Waals surface area contributed by atoms with E-state index in [4.69, 9.17) is 39.6 Å². The van der Waals surface area contributed by atoms with Gasteiger partial charge in [-0.15, -0.1) is 11.3 Å². The van der Waals surface area contributed by atoms with Gasteiger partial charge in [0, 0.05) is 27.2 Å². The number of halogens is 3. The Balaban J connectivity index is 1.73. The zero-order chi connectivity index (χ0) is 14.8. The summed E-state index contributed by atoms with van der Waals surface area (Å²) in [6, 6.07) is 5.27. The van der Waals surface area contributed by atoms with Crippen LogP contribution in [0.1, 0.15) is 11.3 Å². The van der Waals surface area contributed by atoms with E-state index < -0.39 is 0 Å². The van der Waals surface area contributed by atoms with Crippen LogP contribution in [0.25, 0.3) is 4.96 Å². The Morgan fingerprint density at radius 2 is 2.05 bits per heavy atom. The summed E-state index contributed by atoms with van der Waals surface area (Å²) >= 11 is 19.6. The molecule has 0 radical (unpaired) electrons. The van der Waals surface area contributed by atoms with Gasteiger partial charge in [0.1, 0.15) is 12.3 Å². The second-order valence-corrected chi connectivity index (χ2v) is 6.10. The van der Waals surface area contributed by atoms with Crippen LogP contribution in [0.15, 0.2) is 34.9 Å². The van der Waals surface area contributed by atoms with Crippen molar-refractivity contribution in [2.75, 3.05) is 0 Å². The molecule has 4 nitrogen and oxygen atoms in total. The molecule has 0 amide bonds. The number of rotatable bonds is 4. The predicted molar refractivity (Wildman–Crippen MR) is 86.9 cm³/mol. The van der Waals surface area contributed by atoms with Crippen molar-refractivity contribution < 1.29 is 4.84 Å². The lowest BCUT2D eigenvalue weighted by Gasteiger charge is -2.04. The third-order valence-corrected chi connectivity index (χ3v) is 4.52. The number of oxime groups is 1. The van der Waals surface area contributed by atoms with Gasteiger partial charge in [-0.3, -0.25) is 4.40 Å². The fraction of sp³-hybridized carbons (Fsp3) is 0.0769. The first kappa shape index (κ1) is 14.7. The number of imidazole rings is 1. The minimum Gasteiger partial charge on any atom is -0.391 e. The van der Waals surface area contributed by atoms with Crippen molar-refractivity contribution in [3.05, 3.63) is 56.2 Å². The van der Waals surface area contributed by atoms with Crippen LogP contribution in [0.2, 0.25) is 15.2 Å². The first-order valence-electron chi connectivity index (χ1n) is 5.86. The van der Waals surface area contributed by atoms with Crippen LogP contribution in [-0.4, -0.2) is 15.6 Å². The molecule has 0 atom stereocenters. The van der Waals surface area contributed by atoms with Crippen molar-refractivity contribution in [3.63, 3.8) is 0 Å². The first-order valence-corrected chi connectivity index (χ1v) is 7.87. The van der Waals surface area contributed by atoms with Crippen LogP contribution in [0.5, 0.6) is 0 Å². The third-order valence-electron chi connectivity index (χ3n) is 2.77. The van der Waals surface area contributed by atoms with Gasteiger partial charge in [0.15, 0.2) is 10.1 Å². The lowest BCUT2D eigenvalue weighted by Crippen LogP contribution is -1.93. The molecule has 0 aliphatic heterocycles. The molecule has 2 aromatic heterocycles. The average Bonchev–Trinajstić information content (AvgIpc) is 2.99. The summed E-state index contributed by atoms with van der Waals surface area (Å²) in [6.07, 6.45) is 3.38. The quantitative estimate of drug-likeness (QED) is 0.490. The maximum Gasteiger partial charge on any atom is 0.195 e. The van der Waals surface area contributed by atoms with Gasteiger partial charge in [-0.25, -0.2) is 4.98 Å². The van der Waals surface area contributed by atoms with Gasteiger partial charge < -0.3 is 4.84 Å². The molecule has 0 bridgehead atoms. The lowest BCUT2D eigenvalue weighted by atomic mass is 10.2. The highest BCUT2D eigenvalue weighted by molar-refractivity contribution is 7.15. The van der Waals surface area contributed by atoms with Gasteiger partial charge in [0.05, 0.1) is 6.21 Å². The molecule has 2 heterocycles. The van der Waals surface area contributed by atoms with Gasteiger partial charge in [-0.1, -0.05) is 46.0 Å². The molecule has 21 heavy (non-hydrogen) atoms. The summed E-state index contributed by atoms with van der Waals surface area (Å²) in [5, 5.41) is 7.28. The molecule has 0 aliphatic rings. The highest BCUT2D eigenvalue weighted by atomic mass is 35.5. The predicted octanol–water partition coefficient (Wildman–Crippen LogP) is 4.91. The SMILES string of the molecule is Clc1cccc(Cl)c1CO/N=C\c1c(Cl)nc2sccn12. The molecule has 0 fully saturated rings. The standard InChI is InChI=1S/C13H8Cl3N3OS/c14-9-2-1-3-10(15)8(9)7-20-17-6-11-12(16)18-13-19(11)4-5-21-13/h1-6H,7H2/b17-6-. The van der Waals surface area contributed by atoms with Crippen molar-refractivity contribution in [1.82, 2.24) is 9.38 Å². The summed E-state index contributed by atoms with van der Waals surface area (Å²) in [4.78, 5) is 10.2. The van der Waals surface area contributed by atoms with Gasteiger partial charge in [-0.2, -0.15) is 0 Å². The van der Waals surface area contributed by atoms with Gasteiger partial charge in [0.25, 0.3) is 0 Å². The molecular weight excluding hydrogens is 353 g/mol.